The first kappa shape index (κ1) is 38.5. The number of carbonyl (C=O) groups excluding carboxylic acids is 4. The van der Waals surface area contributed by atoms with Gasteiger partial charge in [-0.05, 0) is 51.8 Å². The van der Waals surface area contributed by atoms with Crippen LogP contribution in [-0.2, 0) is 36.6 Å². The summed E-state index contributed by atoms with van der Waals surface area (Å²) < 4.78 is 54.1. The minimum atomic E-state index is -4.75. The third kappa shape index (κ3) is 10.5. The standard InChI is InChI=1S/C35H42F3N5O6/c1-22(26-18-43(21-39-26)28(30(45)42(7)8)24-16-12-13-17-25(24)35(36,37)38)29(44)27(20-48-19-23-14-10-9-11-15-23)40-31(46)34(5,6)41-32(47)49-33(2,3)4/h9-18,21,27-28H,1,19-20H2,2-8H3,(H,40,46)(H,41,47)/t27-,28?/m1/s1. The van der Waals surface area contributed by atoms with Gasteiger partial charge in [-0.25, -0.2) is 9.78 Å². The van der Waals surface area contributed by atoms with E-state index in [9.17, 15) is 32.3 Å². The van der Waals surface area contributed by atoms with Crippen LogP contribution in [0, 0.1) is 0 Å². The van der Waals surface area contributed by atoms with E-state index < -0.39 is 58.7 Å². The molecule has 0 radical (unpaired) electrons. The van der Waals surface area contributed by atoms with E-state index in [1.165, 1.54) is 56.9 Å². The summed E-state index contributed by atoms with van der Waals surface area (Å²) in [5.74, 6) is -2.12. The predicted octanol–water partition coefficient (Wildman–Crippen LogP) is 5.17. The van der Waals surface area contributed by atoms with Crippen LogP contribution in [0.5, 0.6) is 0 Å². The van der Waals surface area contributed by atoms with Gasteiger partial charge in [0.15, 0.2) is 5.78 Å². The van der Waals surface area contributed by atoms with E-state index >= 15 is 0 Å². The number of halogens is 3. The average Bonchev–Trinajstić information content (AvgIpc) is 3.48. The Morgan fingerprint density at radius 3 is 2.16 bits per heavy atom. The topological polar surface area (TPSA) is 132 Å². The molecule has 1 aromatic heterocycles. The number of hydrogen-bond acceptors (Lipinski definition) is 7. The molecule has 2 N–H and O–H groups in total. The van der Waals surface area contributed by atoms with Crippen molar-refractivity contribution in [3.05, 3.63) is 96.1 Å². The molecule has 0 saturated heterocycles. The third-order valence-corrected chi connectivity index (χ3v) is 7.14. The van der Waals surface area contributed by atoms with Crippen LogP contribution >= 0.6 is 0 Å². The number of nitrogens with one attached hydrogen (secondary N) is 2. The summed E-state index contributed by atoms with van der Waals surface area (Å²) in [4.78, 5) is 58.3. The summed E-state index contributed by atoms with van der Waals surface area (Å²) in [5, 5.41) is 5.10. The molecule has 264 valence electrons. The van der Waals surface area contributed by atoms with Gasteiger partial charge in [0.25, 0.3) is 0 Å². The molecular formula is C35H42F3N5O6. The summed E-state index contributed by atoms with van der Waals surface area (Å²) in [6.07, 6.45) is -3.21. The molecule has 0 bridgehead atoms. The molecule has 1 heterocycles. The monoisotopic (exact) mass is 685 g/mol. The Morgan fingerprint density at radius 1 is 0.959 bits per heavy atom. The minimum Gasteiger partial charge on any atom is -0.444 e. The Labute approximate surface area is 283 Å². The largest absolute Gasteiger partial charge is 0.444 e. The van der Waals surface area contributed by atoms with Crippen LogP contribution in [0.4, 0.5) is 18.0 Å². The van der Waals surface area contributed by atoms with Crippen LogP contribution in [0.15, 0.2) is 73.7 Å². The summed E-state index contributed by atoms with van der Waals surface area (Å²) in [7, 11) is 2.82. The van der Waals surface area contributed by atoms with E-state index in [0.29, 0.717) is 0 Å². The van der Waals surface area contributed by atoms with E-state index in [-0.39, 0.29) is 30.0 Å². The fourth-order valence-electron chi connectivity index (χ4n) is 4.64. The van der Waals surface area contributed by atoms with Crippen molar-refractivity contribution in [2.75, 3.05) is 20.7 Å². The van der Waals surface area contributed by atoms with Crippen molar-refractivity contribution < 1.29 is 41.8 Å². The molecule has 0 aliphatic heterocycles. The number of rotatable bonds is 13. The highest BCUT2D eigenvalue weighted by Gasteiger charge is 2.39. The lowest BCUT2D eigenvalue weighted by atomic mass is 9.98. The summed E-state index contributed by atoms with van der Waals surface area (Å²) in [6.45, 7) is 11.5. The van der Waals surface area contributed by atoms with Gasteiger partial charge in [0.1, 0.15) is 23.2 Å². The number of benzene rings is 2. The van der Waals surface area contributed by atoms with Crippen LogP contribution in [-0.4, -0.2) is 76.0 Å². The fourth-order valence-corrected chi connectivity index (χ4v) is 4.64. The molecule has 0 fully saturated rings. The Bertz CT molecular complexity index is 1660. The number of nitrogens with zero attached hydrogens (tertiary/aromatic N) is 3. The van der Waals surface area contributed by atoms with E-state index in [1.807, 2.05) is 30.3 Å². The van der Waals surface area contributed by atoms with E-state index in [0.717, 1.165) is 22.9 Å². The highest BCUT2D eigenvalue weighted by Crippen LogP contribution is 2.36. The molecule has 11 nitrogen and oxygen atoms in total. The lowest BCUT2D eigenvalue weighted by Crippen LogP contribution is -2.59. The maximum atomic E-state index is 14.0. The number of ketones is 1. The number of imidazole rings is 1. The van der Waals surface area contributed by atoms with Crippen LogP contribution in [0.2, 0.25) is 0 Å². The van der Waals surface area contributed by atoms with Gasteiger partial charge < -0.3 is 29.6 Å². The normalized spacial score (nSPS) is 13.2. The van der Waals surface area contributed by atoms with Gasteiger partial charge in [-0.15, -0.1) is 0 Å². The average molecular weight is 686 g/mol. The highest BCUT2D eigenvalue weighted by molar-refractivity contribution is 6.22. The Balaban J connectivity index is 1.92. The molecular weight excluding hydrogens is 643 g/mol. The van der Waals surface area contributed by atoms with Crippen LogP contribution in [0.25, 0.3) is 5.57 Å². The van der Waals surface area contributed by atoms with Crippen molar-refractivity contribution in [2.45, 2.75) is 70.6 Å². The summed E-state index contributed by atoms with van der Waals surface area (Å²) >= 11 is 0. The van der Waals surface area contributed by atoms with Gasteiger partial charge in [0.2, 0.25) is 11.8 Å². The SMILES string of the molecule is C=C(C(=O)[C@@H](COCc1ccccc1)NC(=O)C(C)(C)NC(=O)OC(C)(C)C)c1cn(C(C(=O)N(C)C)c2ccccc2C(F)(F)F)cn1. The molecule has 49 heavy (non-hydrogen) atoms. The van der Waals surface area contributed by atoms with Gasteiger partial charge in [0.05, 0.1) is 30.8 Å². The molecule has 2 aromatic carbocycles. The van der Waals surface area contributed by atoms with Gasteiger partial charge in [-0.1, -0.05) is 55.1 Å². The first-order valence-corrected chi connectivity index (χ1v) is 15.3. The third-order valence-electron chi connectivity index (χ3n) is 7.14. The lowest BCUT2D eigenvalue weighted by Gasteiger charge is -2.29. The number of carbonyl (C=O) groups is 4. The maximum absolute atomic E-state index is 14.0. The maximum Gasteiger partial charge on any atom is 0.416 e. The Kier molecular flexibility index (Phi) is 12.2. The molecule has 3 amide bonds. The van der Waals surface area contributed by atoms with Crippen molar-refractivity contribution in [1.82, 2.24) is 25.1 Å². The van der Waals surface area contributed by atoms with Crippen LogP contribution in [0.3, 0.4) is 0 Å². The highest BCUT2D eigenvalue weighted by atomic mass is 19.4. The zero-order chi connectivity index (χ0) is 36.7. The van der Waals surface area contributed by atoms with Gasteiger partial charge in [-0.2, -0.15) is 13.2 Å². The number of aromatic nitrogens is 2. The molecule has 0 aliphatic carbocycles. The zero-order valence-electron chi connectivity index (χ0n) is 28.6. The van der Waals surface area contributed by atoms with Crippen molar-refractivity contribution in [1.29, 1.82) is 0 Å². The number of Topliss-reactive ketones (excluding diaryl/α,β-unsaturated/α-hetero) is 1. The number of likely N-dealkylation sites (N-methyl/N-ethyl adjacent to an activating group) is 1. The number of alkyl carbamates (subject to hydrolysis) is 1. The number of amides is 3. The molecule has 3 aromatic rings. The van der Waals surface area contributed by atoms with Crippen LogP contribution < -0.4 is 10.6 Å². The second-order valence-corrected chi connectivity index (χ2v) is 13.0. The second-order valence-electron chi connectivity index (χ2n) is 13.0. The Hall–Kier alpha value is -4.98. The molecule has 3 rings (SSSR count). The van der Waals surface area contributed by atoms with Crippen molar-refractivity contribution in [3.8, 4) is 0 Å². The molecule has 0 saturated carbocycles. The second kappa shape index (κ2) is 15.5. The van der Waals surface area contributed by atoms with Crippen molar-refractivity contribution >= 4 is 29.3 Å². The summed E-state index contributed by atoms with van der Waals surface area (Å²) in [5.41, 5.74) is -3.11. The first-order chi connectivity index (χ1) is 22.7. The zero-order valence-corrected chi connectivity index (χ0v) is 28.6. The lowest BCUT2D eigenvalue weighted by molar-refractivity contribution is -0.139. The molecule has 1 unspecified atom stereocenters. The number of alkyl halides is 3. The minimum absolute atomic E-state index is 0.0421. The van der Waals surface area contributed by atoms with E-state index in [2.05, 4.69) is 22.2 Å². The van der Waals surface area contributed by atoms with Crippen molar-refractivity contribution in [2.24, 2.45) is 0 Å². The van der Waals surface area contributed by atoms with E-state index in [1.54, 1.807) is 20.8 Å². The smallest absolute Gasteiger partial charge is 0.416 e. The molecule has 14 heteroatoms. The molecule has 0 aliphatic rings. The van der Waals surface area contributed by atoms with Gasteiger partial charge in [0, 0.05) is 25.9 Å². The Morgan fingerprint density at radius 2 is 1.57 bits per heavy atom. The van der Waals surface area contributed by atoms with Gasteiger partial charge in [-0.3, -0.25) is 14.4 Å². The van der Waals surface area contributed by atoms with Crippen molar-refractivity contribution in [3.63, 3.8) is 0 Å². The number of hydrogen-bond donors (Lipinski definition) is 2. The fraction of sp³-hybridized carbons (Fsp3) is 0.400. The number of ether oxygens (including phenoxy) is 2. The predicted molar refractivity (Wildman–Crippen MR) is 176 cm³/mol. The van der Waals surface area contributed by atoms with Gasteiger partial charge >= 0.3 is 12.3 Å². The summed E-state index contributed by atoms with van der Waals surface area (Å²) in [6, 6.07) is 11.0. The van der Waals surface area contributed by atoms with Crippen LogP contribution in [0.1, 0.15) is 63.0 Å². The quantitative estimate of drug-likeness (QED) is 0.238. The molecule has 0 spiro atoms. The molecule has 2 atom stereocenters. The van der Waals surface area contributed by atoms with E-state index in [4.69, 9.17) is 9.47 Å². The first-order valence-electron chi connectivity index (χ1n) is 15.3.